The highest BCUT2D eigenvalue weighted by molar-refractivity contribution is 6.34. The molecule has 4 bridgehead atoms. The van der Waals surface area contributed by atoms with Crippen LogP contribution in [-0.2, 0) is 10.8 Å². The van der Waals surface area contributed by atoms with Gasteiger partial charge in [0.05, 0.1) is 0 Å². The molecular formula is C49H39ClO. The first-order chi connectivity index (χ1) is 24.9. The minimum absolute atomic E-state index is 0.0349. The number of para-hydroxylation sites is 1. The third-order valence-electron chi connectivity index (χ3n) is 14.3. The fourth-order valence-corrected chi connectivity index (χ4v) is 12.7. The van der Waals surface area contributed by atoms with E-state index < -0.39 is 0 Å². The van der Waals surface area contributed by atoms with E-state index in [4.69, 9.17) is 16.0 Å². The summed E-state index contributed by atoms with van der Waals surface area (Å²) in [7, 11) is 0. The molecule has 0 N–H and O–H groups in total. The van der Waals surface area contributed by atoms with E-state index in [1.54, 1.807) is 0 Å². The number of hydrogen-bond donors (Lipinski definition) is 0. The van der Waals surface area contributed by atoms with Crippen molar-refractivity contribution in [2.45, 2.75) is 56.8 Å². The molecule has 0 amide bonds. The smallest absolute Gasteiger partial charge is 0.135 e. The molecule has 1 aromatic heterocycles. The van der Waals surface area contributed by atoms with Crippen molar-refractivity contribution in [3.05, 3.63) is 143 Å². The van der Waals surface area contributed by atoms with E-state index in [1.165, 1.54) is 110 Å². The average molecular weight is 679 g/mol. The molecule has 1 nitrogen and oxygen atoms in total. The van der Waals surface area contributed by atoms with Gasteiger partial charge in [0.1, 0.15) is 11.2 Å². The Labute approximate surface area is 304 Å². The Morgan fingerprint density at radius 1 is 0.510 bits per heavy atom. The van der Waals surface area contributed by atoms with Crippen LogP contribution in [0.15, 0.2) is 120 Å². The Hall–Kier alpha value is -4.59. The molecule has 6 aromatic carbocycles. The molecule has 0 aliphatic heterocycles. The lowest BCUT2D eigenvalue weighted by Gasteiger charge is -2.61. The van der Waals surface area contributed by atoms with Crippen molar-refractivity contribution >= 4 is 33.5 Å². The second-order valence-electron chi connectivity index (χ2n) is 17.1. The van der Waals surface area contributed by atoms with E-state index >= 15 is 0 Å². The van der Waals surface area contributed by atoms with E-state index in [9.17, 15) is 0 Å². The van der Waals surface area contributed by atoms with Gasteiger partial charge in [-0.25, -0.2) is 0 Å². The molecule has 51 heavy (non-hydrogen) atoms. The Balaban J connectivity index is 1.05. The van der Waals surface area contributed by atoms with Crippen LogP contribution in [0.25, 0.3) is 66.4 Å². The first-order valence-electron chi connectivity index (χ1n) is 19.0. The molecule has 13 rings (SSSR count). The molecule has 1 heterocycles. The average Bonchev–Trinajstić information content (AvgIpc) is 3.74. The van der Waals surface area contributed by atoms with Gasteiger partial charge < -0.3 is 4.42 Å². The zero-order chi connectivity index (χ0) is 33.8. The molecule has 0 unspecified atom stereocenters. The van der Waals surface area contributed by atoms with Gasteiger partial charge in [-0.3, -0.25) is 0 Å². The van der Waals surface area contributed by atoms with E-state index in [0.717, 1.165) is 28.0 Å². The summed E-state index contributed by atoms with van der Waals surface area (Å²) in [5, 5.41) is 3.23. The summed E-state index contributed by atoms with van der Waals surface area (Å²) in [5.74, 6) is 3.13. The summed E-state index contributed by atoms with van der Waals surface area (Å²) in [5.41, 5.74) is 18.1. The summed E-state index contributed by atoms with van der Waals surface area (Å²) < 4.78 is 6.19. The highest BCUT2D eigenvalue weighted by Gasteiger charge is 2.62. The molecule has 4 saturated carbocycles. The van der Waals surface area contributed by atoms with Gasteiger partial charge in [0.25, 0.3) is 0 Å². The first kappa shape index (κ1) is 29.0. The predicted molar refractivity (Wildman–Crippen MR) is 210 cm³/mol. The topological polar surface area (TPSA) is 13.1 Å². The molecule has 2 heteroatoms. The molecular weight excluding hydrogens is 640 g/mol. The first-order valence-corrected chi connectivity index (χ1v) is 19.4. The minimum Gasteiger partial charge on any atom is -0.456 e. The summed E-state index contributed by atoms with van der Waals surface area (Å²) in [4.78, 5) is 0. The lowest BCUT2D eigenvalue weighted by atomic mass is 9.43. The molecule has 4 fully saturated rings. The molecule has 0 atom stereocenters. The van der Waals surface area contributed by atoms with Crippen LogP contribution in [0.1, 0.15) is 68.2 Å². The number of rotatable bonds is 2. The Morgan fingerprint density at radius 2 is 1.16 bits per heavy atom. The van der Waals surface area contributed by atoms with Crippen LogP contribution in [0.2, 0.25) is 5.02 Å². The Bertz CT molecular complexity index is 2620. The van der Waals surface area contributed by atoms with Crippen LogP contribution in [0.5, 0.6) is 0 Å². The fourth-order valence-electron chi connectivity index (χ4n) is 12.4. The summed E-state index contributed by atoms with van der Waals surface area (Å²) >= 11 is 7.61. The van der Waals surface area contributed by atoms with Crippen molar-refractivity contribution in [2.75, 3.05) is 0 Å². The van der Waals surface area contributed by atoms with Crippen molar-refractivity contribution in [2.24, 2.45) is 23.7 Å². The lowest BCUT2D eigenvalue weighted by molar-refractivity contribution is -0.0399. The van der Waals surface area contributed by atoms with Gasteiger partial charge in [0.15, 0.2) is 0 Å². The molecule has 248 valence electrons. The van der Waals surface area contributed by atoms with Crippen LogP contribution < -0.4 is 0 Å². The van der Waals surface area contributed by atoms with Gasteiger partial charge in [0, 0.05) is 32.2 Å². The van der Waals surface area contributed by atoms with Gasteiger partial charge in [-0.1, -0.05) is 98.2 Å². The van der Waals surface area contributed by atoms with Crippen molar-refractivity contribution in [1.29, 1.82) is 0 Å². The molecule has 1 spiro atoms. The van der Waals surface area contributed by atoms with E-state index in [-0.39, 0.29) is 10.8 Å². The maximum absolute atomic E-state index is 7.61. The number of fused-ring (bicyclic) bond motifs is 9. The Kier molecular flexibility index (Phi) is 5.60. The third kappa shape index (κ3) is 3.68. The van der Waals surface area contributed by atoms with Gasteiger partial charge in [-0.15, -0.1) is 0 Å². The lowest BCUT2D eigenvalue weighted by Crippen LogP contribution is -2.55. The van der Waals surface area contributed by atoms with Gasteiger partial charge in [0.2, 0.25) is 0 Å². The van der Waals surface area contributed by atoms with Crippen LogP contribution in [-0.4, -0.2) is 0 Å². The maximum atomic E-state index is 7.61. The van der Waals surface area contributed by atoms with Crippen LogP contribution >= 0.6 is 11.6 Å². The Morgan fingerprint density at radius 3 is 2.00 bits per heavy atom. The molecule has 6 aliphatic carbocycles. The summed E-state index contributed by atoms with van der Waals surface area (Å²) in [6, 6.07) is 43.4. The van der Waals surface area contributed by atoms with E-state index in [0.29, 0.717) is 11.8 Å². The second-order valence-corrected chi connectivity index (χ2v) is 17.5. The quantitative estimate of drug-likeness (QED) is 0.177. The predicted octanol–water partition coefficient (Wildman–Crippen LogP) is 13.6. The second kappa shape index (κ2) is 9.84. The van der Waals surface area contributed by atoms with E-state index in [2.05, 4.69) is 123 Å². The SMILES string of the molecule is CC1(C)c2ccccc2-c2ccc(-c3cc(Cl)c4c(c3)C3(c5ccc(-c6ccc7oc8ccccc8c7c6)cc5-4)C4CC5CC(C4)CC3C5)cc21. The van der Waals surface area contributed by atoms with Crippen molar-refractivity contribution in [3.63, 3.8) is 0 Å². The highest BCUT2D eigenvalue weighted by Crippen LogP contribution is 2.70. The van der Waals surface area contributed by atoms with Crippen LogP contribution in [0.3, 0.4) is 0 Å². The fraction of sp³-hybridized carbons (Fsp3) is 0.265. The molecule has 0 saturated heterocycles. The minimum atomic E-state index is -0.0382. The summed E-state index contributed by atoms with van der Waals surface area (Å²) in [6.45, 7) is 4.75. The molecule has 0 radical (unpaired) electrons. The van der Waals surface area contributed by atoms with Crippen molar-refractivity contribution < 1.29 is 4.42 Å². The number of benzene rings is 6. The van der Waals surface area contributed by atoms with Gasteiger partial charge >= 0.3 is 0 Å². The van der Waals surface area contributed by atoms with Crippen LogP contribution in [0.4, 0.5) is 0 Å². The van der Waals surface area contributed by atoms with E-state index in [1.807, 2.05) is 6.07 Å². The summed E-state index contributed by atoms with van der Waals surface area (Å²) in [6.07, 6.45) is 6.85. The van der Waals surface area contributed by atoms with Crippen molar-refractivity contribution in [1.82, 2.24) is 0 Å². The number of hydrogen-bond acceptors (Lipinski definition) is 1. The largest absolute Gasteiger partial charge is 0.456 e. The number of furan rings is 1. The highest BCUT2D eigenvalue weighted by atomic mass is 35.5. The zero-order valence-electron chi connectivity index (χ0n) is 29.1. The zero-order valence-corrected chi connectivity index (χ0v) is 29.9. The molecule has 6 aliphatic rings. The molecule has 7 aromatic rings. The standard InChI is InChI=1S/C49H39ClO/c1-48(2)40-9-5-3-7-35(40)36-14-11-31(24-42(36)48)32-25-43-47(44(50)26-32)39-23-29(30-13-16-46-38(22-30)37-8-4-6-10-45(37)51-46)12-15-41(39)49(43)33-18-27-17-28(20-33)21-34(49)19-27/h3-16,22-28,33-34H,17-21H2,1-2H3. The van der Waals surface area contributed by atoms with Gasteiger partial charge in [-0.2, -0.15) is 0 Å². The maximum Gasteiger partial charge on any atom is 0.135 e. The monoisotopic (exact) mass is 678 g/mol. The number of halogens is 1. The van der Waals surface area contributed by atoms with Gasteiger partial charge in [-0.05, 0) is 159 Å². The van der Waals surface area contributed by atoms with Crippen LogP contribution in [0, 0.1) is 23.7 Å². The third-order valence-corrected chi connectivity index (χ3v) is 14.6. The normalized spacial score (nSPS) is 25.8. The van der Waals surface area contributed by atoms with Crippen molar-refractivity contribution in [3.8, 4) is 44.5 Å².